The lowest BCUT2D eigenvalue weighted by atomic mass is 9.65. The van der Waals surface area contributed by atoms with Crippen LogP contribution in [0, 0.1) is 0 Å². The van der Waals surface area contributed by atoms with E-state index in [1.807, 2.05) is 14.1 Å². The van der Waals surface area contributed by atoms with Crippen molar-refractivity contribution in [3.8, 4) is 0 Å². The first kappa shape index (κ1) is 22.7. The number of carbonyl (C=O) groups excluding carboxylic acids is 1. The zero-order valence-electron chi connectivity index (χ0n) is 20.5. The van der Waals surface area contributed by atoms with E-state index < -0.39 is 5.41 Å². The molecule has 1 aliphatic carbocycles. The minimum Gasteiger partial charge on any atom is -0.378 e. The first-order valence-corrected chi connectivity index (χ1v) is 11.3. The van der Waals surface area contributed by atoms with Gasteiger partial charge in [-0.3, -0.25) is 4.79 Å². The molecule has 0 atom stereocenters. The number of carbonyl (C=O) groups is 1. The molecule has 0 radical (unpaired) electrons. The first-order valence-electron chi connectivity index (χ1n) is 11.3. The molecule has 0 bridgehead atoms. The van der Waals surface area contributed by atoms with Crippen LogP contribution in [0.15, 0.2) is 72.8 Å². The molecule has 0 aliphatic heterocycles. The van der Waals surface area contributed by atoms with Crippen molar-refractivity contribution in [2.75, 3.05) is 57.0 Å². The Morgan fingerprint density at radius 3 is 1.55 bits per heavy atom. The Kier molecular flexibility index (Phi) is 6.03. The topological polar surface area (TPSA) is 26.8 Å². The Labute approximate surface area is 197 Å². The summed E-state index contributed by atoms with van der Waals surface area (Å²) in [4.78, 5) is 18.6. The van der Waals surface area contributed by atoms with E-state index in [-0.39, 0.29) is 0 Å². The summed E-state index contributed by atoms with van der Waals surface area (Å²) in [6.45, 7) is 0. The lowest BCUT2D eigenvalue weighted by Gasteiger charge is -2.37. The molecule has 0 unspecified atom stereocenters. The molecule has 33 heavy (non-hydrogen) atoms. The lowest BCUT2D eigenvalue weighted by molar-refractivity contribution is -0.103. The molecule has 4 heteroatoms. The van der Waals surface area contributed by atoms with Gasteiger partial charge in [0.05, 0.1) is 0 Å². The minimum absolute atomic E-state index is 0.427. The maximum atomic E-state index is 12.3. The Morgan fingerprint density at radius 1 is 0.667 bits per heavy atom. The summed E-state index contributed by atoms with van der Waals surface area (Å²) < 4.78 is 0. The monoisotopic (exact) mass is 439 g/mol. The van der Waals surface area contributed by atoms with Crippen LogP contribution in [0.5, 0.6) is 0 Å². The van der Waals surface area contributed by atoms with Gasteiger partial charge >= 0.3 is 0 Å². The van der Waals surface area contributed by atoms with Crippen LogP contribution in [0.25, 0.3) is 5.57 Å². The van der Waals surface area contributed by atoms with Gasteiger partial charge in [0.2, 0.25) is 0 Å². The molecule has 1 aliphatic rings. The van der Waals surface area contributed by atoms with Crippen molar-refractivity contribution < 1.29 is 4.79 Å². The Hall–Kier alpha value is -3.53. The molecule has 3 aromatic carbocycles. The number of hydrogen-bond donors (Lipinski definition) is 0. The van der Waals surface area contributed by atoms with Crippen molar-refractivity contribution in [3.05, 3.63) is 95.1 Å². The number of rotatable bonds is 6. The van der Waals surface area contributed by atoms with E-state index in [4.69, 9.17) is 0 Å². The van der Waals surface area contributed by atoms with Crippen molar-refractivity contribution in [2.24, 2.45) is 0 Å². The molecule has 0 heterocycles. The first-order chi connectivity index (χ1) is 15.7. The van der Waals surface area contributed by atoms with Gasteiger partial charge in [-0.25, -0.2) is 0 Å². The van der Waals surface area contributed by atoms with E-state index in [9.17, 15) is 4.79 Å². The number of aldehydes is 1. The second kappa shape index (κ2) is 8.78. The molecule has 0 amide bonds. The molecule has 0 saturated carbocycles. The highest BCUT2D eigenvalue weighted by Crippen LogP contribution is 2.45. The van der Waals surface area contributed by atoms with E-state index >= 15 is 0 Å². The maximum absolute atomic E-state index is 12.3. The summed E-state index contributed by atoms with van der Waals surface area (Å²) in [5, 5.41) is 0. The van der Waals surface area contributed by atoms with Crippen molar-refractivity contribution in [1.82, 2.24) is 0 Å². The largest absolute Gasteiger partial charge is 0.378 e. The van der Waals surface area contributed by atoms with Crippen molar-refractivity contribution in [2.45, 2.75) is 11.8 Å². The molecule has 0 saturated heterocycles. The van der Waals surface area contributed by atoms with Gasteiger partial charge in [0.1, 0.15) is 6.29 Å². The van der Waals surface area contributed by atoms with Gasteiger partial charge in [-0.2, -0.15) is 0 Å². The molecule has 0 fully saturated rings. The van der Waals surface area contributed by atoms with E-state index in [0.29, 0.717) is 0 Å². The van der Waals surface area contributed by atoms with Crippen LogP contribution >= 0.6 is 0 Å². The number of allylic oxidation sites excluding steroid dienone is 2. The molecule has 0 N–H and O–H groups in total. The van der Waals surface area contributed by atoms with E-state index in [2.05, 4.69) is 116 Å². The normalized spacial score (nSPS) is 14.2. The number of nitrogens with zero attached hydrogens (tertiary/aromatic N) is 3. The third kappa shape index (κ3) is 4.13. The average Bonchev–Trinajstić information content (AvgIpc) is 2.82. The minimum atomic E-state index is -0.427. The van der Waals surface area contributed by atoms with Crippen LogP contribution in [0.1, 0.15) is 22.3 Å². The zero-order valence-corrected chi connectivity index (χ0v) is 20.5. The van der Waals surface area contributed by atoms with Crippen molar-refractivity contribution in [1.29, 1.82) is 0 Å². The summed E-state index contributed by atoms with van der Waals surface area (Å²) in [5.74, 6) is 0. The number of benzene rings is 3. The number of hydrogen-bond acceptors (Lipinski definition) is 4. The molecule has 3 aromatic rings. The second-order valence-electron chi connectivity index (χ2n) is 9.48. The molecule has 170 valence electrons. The van der Waals surface area contributed by atoms with Crippen LogP contribution in [0.4, 0.5) is 17.1 Å². The average molecular weight is 440 g/mol. The van der Waals surface area contributed by atoms with Gasteiger partial charge in [0, 0.05) is 70.3 Å². The van der Waals surface area contributed by atoms with Crippen LogP contribution in [-0.2, 0) is 16.6 Å². The van der Waals surface area contributed by atoms with Gasteiger partial charge in [-0.05, 0) is 65.1 Å². The maximum Gasteiger partial charge on any atom is 0.150 e. The second-order valence-corrected chi connectivity index (χ2v) is 9.48. The van der Waals surface area contributed by atoms with Crippen LogP contribution in [0.2, 0.25) is 0 Å². The number of fused-ring (bicyclic) bond motifs is 1. The quantitative estimate of drug-likeness (QED) is 0.505. The Bertz CT molecular complexity index is 1120. The lowest BCUT2D eigenvalue weighted by Crippen LogP contribution is -2.32. The summed E-state index contributed by atoms with van der Waals surface area (Å²) in [5.41, 5.74) is 8.36. The van der Waals surface area contributed by atoms with E-state index in [0.717, 1.165) is 40.9 Å². The zero-order chi connectivity index (χ0) is 23.8. The van der Waals surface area contributed by atoms with Crippen LogP contribution in [-0.4, -0.2) is 48.6 Å². The standard InChI is InChI=1S/C29H33N3O/c1-30(2)25-11-7-23(8-12-25)29(24-9-13-26(14-10-24)31(3)4)18-21-17-27(32(5)6)15-16-28(21)22(19-29)20-33/h7-17,19-20H,18H2,1-6H3. The highest BCUT2D eigenvalue weighted by Gasteiger charge is 2.37. The molecule has 0 aromatic heterocycles. The number of anilines is 3. The fourth-order valence-electron chi connectivity index (χ4n) is 4.73. The SMILES string of the molecule is CN(C)c1ccc(C2(c3ccc(N(C)C)cc3)C=C(C=O)c3ccc(N(C)C)cc3C2)cc1. The van der Waals surface area contributed by atoms with Gasteiger partial charge in [-0.1, -0.05) is 36.4 Å². The van der Waals surface area contributed by atoms with Gasteiger partial charge in [0.15, 0.2) is 0 Å². The van der Waals surface area contributed by atoms with Gasteiger partial charge in [-0.15, -0.1) is 0 Å². The molecular weight excluding hydrogens is 406 g/mol. The van der Waals surface area contributed by atoms with E-state index in [1.54, 1.807) is 0 Å². The van der Waals surface area contributed by atoms with E-state index in [1.165, 1.54) is 16.7 Å². The summed E-state index contributed by atoms with van der Waals surface area (Å²) in [6, 6.07) is 23.8. The van der Waals surface area contributed by atoms with Crippen molar-refractivity contribution >= 4 is 28.9 Å². The summed E-state index contributed by atoms with van der Waals surface area (Å²) >= 11 is 0. The Balaban J connectivity index is 1.94. The van der Waals surface area contributed by atoms with Crippen LogP contribution in [0.3, 0.4) is 0 Å². The predicted octanol–water partition coefficient (Wildman–Crippen LogP) is 5.01. The molecule has 0 spiro atoms. The highest BCUT2D eigenvalue weighted by molar-refractivity contribution is 6.09. The smallest absolute Gasteiger partial charge is 0.150 e. The summed E-state index contributed by atoms with van der Waals surface area (Å²) in [6.07, 6.45) is 3.97. The third-order valence-corrected chi connectivity index (χ3v) is 6.71. The highest BCUT2D eigenvalue weighted by atomic mass is 16.1. The fourth-order valence-corrected chi connectivity index (χ4v) is 4.73. The fraction of sp³-hybridized carbons (Fsp3) is 0.276. The third-order valence-electron chi connectivity index (χ3n) is 6.71. The summed E-state index contributed by atoms with van der Waals surface area (Å²) in [7, 11) is 12.3. The van der Waals surface area contributed by atoms with Crippen LogP contribution < -0.4 is 14.7 Å². The molecular formula is C29H33N3O. The molecule has 4 rings (SSSR count). The van der Waals surface area contributed by atoms with Crippen molar-refractivity contribution in [3.63, 3.8) is 0 Å². The molecule has 4 nitrogen and oxygen atoms in total. The van der Waals surface area contributed by atoms with Gasteiger partial charge < -0.3 is 14.7 Å². The predicted molar refractivity (Wildman–Crippen MR) is 141 cm³/mol. The van der Waals surface area contributed by atoms with Gasteiger partial charge in [0.25, 0.3) is 0 Å². The Morgan fingerprint density at radius 2 is 1.12 bits per heavy atom.